The Labute approximate surface area is 195 Å². The molecule has 0 aliphatic carbocycles. The predicted molar refractivity (Wildman–Crippen MR) is 121 cm³/mol. The zero-order valence-corrected chi connectivity index (χ0v) is 18.6. The molecule has 2 aromatic carbocycles. The fourth-order valence-corrected chi connectivity index (χ4v) is 3.96. The molecule has 1 atom stereocenters. The van der Waals surface area contributed by atoms with Gasteiger partial charge in [-0.25, -0.2) is 9.67 Å². The van der Waals surface area contributed by atoms with Gasteiger partial charge in [-0.3, -0.25) is 9.59 Å². The maximum Gasteiger partial charge on any atom is 0.256 e. The van der Waals surface area contributed by atoms with Gasteiger partial charge in [-0.1, -0.05) is 29.3 Å². The Bertz CT molecular complexity index is 1110. The van der Waals surface area contributed by atoms with E-state index in [1.165, 1.54) is 12.4 Å². The highest BCUT2D eigenvalue weighted by molar-refractivity contribution is 6.35. The van der Waals surface area contributed by atoms with Crippen LogP contribution in [0.25, 0.3) is 0 Å². The average Bonchev–Trinajstić information content (AvgIpc) is 3.47. The van der Waals surface area contributed by atoms with Crippen LogP contribution in [0.1, 0.15) is 23.2 Å². The first-order valence-electron chi connectivity index (χ1n) is 10.1. The van der Waals surface area contributed by atoms with Crippen molar-refractivity contribution in [3.63, 3.8) is 0 Å². The van der Waals surface area contributed by atoms with E-state index in [1.807, 2.05) is 6.07 Å². The van der Waals surface area contributed by atoms with Crippen molar-refractivity contribution in [1.82, 2.24) is 19.7 Å². The Morgan fingerprint density at radius 1 is 1.19 bits per heavy atom. The molecule has 1 aliphatic rings. The highest BCUT2D eigenvalue weighted by Crippen LogP contribution is 2.27. The first kappa shape index (κ1) is 22.1. The summed E-state index contributed by atoms with van der Waals surface area (Å²) in [6, 6.07) is 11.3. The van der Waals surface area contributed by atoms with Crippen molar-refractivity contribution in [2.45, 2.75) is 25.4 Å². The molecule has 1 N–H and O–H groups in total. The fraction of sp³-hybridized carbons (Fsp3) is 0.273. The van der Waals surface area contributed by atoms with Crippen molar-refractivity contribution >= 4 is 40.7 Å². The molecule has 32 heavy (non-hydrogen) atoms. The van der Waals surface area contributed by atoms with Crippen LogP contribution in [-0.2, 0) is 11.3 Å². The van der Waals surface area contributed by atoms with Gasteiger partial charge in [0.05, 0.1) is 17.1 Å². The maximum atomic E-state index is 13.0. The highest BCUT2D eigenvalue weighted by Gasteiger charge is 2.35. The Morgan fingerprint density at radius 3 is 2.88 bits per heavy atom. The van der Waals surface area contributed by atoms with Crippen molar-refractivity contribution < 1.29 is 14.3 Å². The van der Waals surface area contributed by atoms with Gasteiger partial charge in [0.15, 0.2) is 0 Å². The summed E-state index contributed by atoms with van der Waals surface area (Å²) in [6.07, 6.45) is 4.38. The number of amides is 2. The number of ether oxygens (including phenoxy) is 1. The van der Waals surface area contributed by atoms with E-state index in [-0.39, 0.29) is 11.8 Å². The lowest BCUT2D eigenvalue weighted by molar-refractivity contribution is -0.119. The van der Waals surface area contributed by atoms with Crippen LogP contribution in [0.2, 0.25) is 10.0 Å². The highest BCUT2D eigenvalue weighted by atomic mass is 35.5. The van der Waals surface area contributed by atoms with Crippen molar-refractivity contribution in [2.75, 3.05) is 18.5 Å². The molecular weight excluding hydrogens is 453 g/mol. The summed E-state index contributed by atoms with van der Waals surface area (Å²) in [7, 11) is 0. The lowest BCUT2D eigenvalue weighted by Gasteiger charge is -2.24. The van der Waals surface area contributed by atoms with Gasteiger partial charge in [-0.2, -0.15) is 5.10 Å². The van der Waals surface area contributed by atoms with Crippen molar-refractivity contribution in [2.24, 2.45) is 0 Å². The lowest BCUT2D eigenvalue weighted by atomic mass is 10.1. The Hall–Kier alpha value is -3.10. The van der Waals surface area contributed by atoms with Crippen molar-refractivity contribution in [3.8, 4) is 5.75 Å². The van der Waals surface area contributed by atoms with Crippen LogP contribution in [0, 0.1) is 0 Å². The Morgan fingerprint density at radius 2 is 2.06 bits per heavy atom. The molecule has 1 unspecified atom stereocenters. The molecule has 2 heterocycles. The zero-order chi connectivity index (χ0) is 22.5. The number of likely N-dealkylation sites (tertiary alicyclic amines) is 1. The molecule has 0 spiro atoms. The second-order valence-corrected chi connectivity index (χ2v) is 8.15. The molecule has 0 radical (unpaired) electrons. The van der Waals surface area contributed by atoms with Gasteiger partial charge in [0.1, 0.15) is 31.1 Å². The van der Waals surface area contributed by atoms with Crippen molar-refractivity contribution in [3.05, 3.63) is 70.7 Å². The van der Waals surface area contributed by atoms with Crippen LogP contribution in [-0.4, -0.2) is 50.7 Å². The third-order valence-corrected chi connectivity index (χ3v) is 5.70. The molecule has 166 valence electrons. The van der Waals surface area contributed by atoms with Crippen LogP contribution in [0.4, 0.5) is 5.69 Å². The van der Waals surface area contributed by atoms with E-state index in [0.29, 0.717) is 53.2 Å². The minimum atomic E-state index is -0.588. The summed E-state index contributed by atoms with van der Waals surface area (Å²) in [5.74, 6) is 0.0575. The van der Waals surface area contributed by atoms with E-state index in [2.05, 4.69) is 15.4 Å². The van der Waals surface area contributed by atoms with Gasteiger partial charge in [0.2, 0.25) is 5.91 Å². The molecular formula is C22H21Cl2N5O3. The third-order valence-electron chi connectivity index (χ3n) is 5.13. The van der Waals surface area contributed by atoms with Crippen LogP contribution >= 0.6 is 23.2 Å². The van der Waals surface area contributed by atoms with Crippen LogP contribution < -0.4 is 10.1 Å². The number of hydrogen-bond donors (Lipinski definition) is 1. The smallest absolute Gasteiger partial charge is 0.256 e. The molecule has 10 heteroatoms. The summed E-state index contributed by atoms with van der Waals surface area (Å²) in [5, 5.41) is 7.64. The standard InChI is InChI=1S/C22H21Cl2N5O3/c23-15-6-7-19(24)18(11-15)22(31)29-8-2-5-20(29)21(30)27-16-3-1-4-17(12-16)32-10-9-28-14-25-13-26-28/h1,3-4,6-7,11-14,20H,2,5,8-10H2,(H,27,30). The van der Waals surface area contributed by atoms with Crippen LogP contribution in [0.15, 0.2) is 55.1 Å². The molecule has 2 amide bonds. The quantitative estimate of drug-likeness (QED) is 0.561. The first-order valence-corrected chi connectivity index (χ1v) is 10.9. The number of carbonyl (C=O) groups is 2. The zero-order valence-electron chi connectivity index (χ0n) is 17.1. The number of carbonyl (C=O) groups excluding carboxylic acids is 2. The van der Waals surface area contributed by atoms with Gasteiger partial charge in [0.25, 0.3) is 5.91 Å². The van der Waals surface area contributed by atoms with E-state index in [1.54, 1.807) is 46.2 Å². The summed E-state index contributed by atoms with van der Waals surface area (Å²) >= 11 is 12.2. The molecule has 0 bridgehead atoms. The Balaban J connectivity index is 1.39. The number of anilines is 1. The molecule has 0 saturated carbocycles. The number of halogens is 2. The van der Waals surface area contributed by atoms with Gasteiger partial charge in [-0.05, 0) is 43.2 Å². The summed E-state index contributed by atoms with van der Waals surface area (Å²) < 4.78 is 7.41. The van der Waals surface area contributed by atoms with Gasteiger partial charge in [-0.15, -0.1) is 0 Å². The third kappa shape index (κ3) is 5.20. The van der Waals surface area contributed by atoms with Gasteiger partial charge < -0.3 is 15.0 Å². The molecule has 1 fully saturated rings. The van der Waals surface area contributed by atoms with E-state index in [0.717, 1.165) is 6.42 Å². The molecule has 3 aromatic rings. The lowest BCUT2D eigenvalue weighted by Crippen LogP contribution is -2.43. The second-order valence-electron chi connectivity index (χ2n) is 7.30. The van der Waals surface area contributed by atoms with Crippen LogP contribution in [0.5, 0.6) is 5.75 Å². The summed E-state index contributed by atoms with van der Waals surface area (Å²) in [4.78, 5) is 31.4. The van der Waals surface area contributed by atoms with Gasteiger partial charge >= 0.3 is 0 Å². The van der Waals surface area contributed by atoms with Crippen molar-refractivity contribution in [1.29, 1.82) is 0 Å². The Kier molecular flexibility index (Phi) is 6.92. The topological polar surface area (TPSA) is 89.3 Å². The predicted octanol–water partition coefficient (Wildman–Crippen LogP) is 3.91. The first-order chi connectivity index (χ1) is 15.5. The number of rotatable bonds is 7. The number of benzene rings is 2. The largest absolute Gasteiger partial charge is 0.492 e. The maximum absolute atomic E-state index is 13.0. The molecule has 1 saturated heterocycles. The summed E-state index contributed by atoms with van der Waals surface area (Å²) in [6.45, 7) is 1.44. The van der Waals surface area contributed by atoms with E-state index in [4.69, 9.17) is 27.9 Å². The fourth-order valence-electron chi connectivity index (χ4n) is 3.59. The monoisotopic (exact) mass is 473 g/mol. The van der Waals surface area contributed by atoms with E-state index < -0.39 is 6.04 Å². The summed E-state index contributed by atoms with van der Waals surface area (Å²) in [5.41, 5.74) is 0.884. The van der Waals surface area contributed by atoms with Crippen LogP contribution in [0.3, 0.4) is 0 Å². The molecule has 8 nitrogen and oxygen atoms in total. The minimum absolute atomic E-state index is 0.256. The molecule has 1 aromatic heterocycles. The van der Waals surface area contributed by atoms with E-state index >= 15 is 0 Å². The molecule has 1 aliphatic heterocycles. The normalized spacial score (nSPS) is 15.6. The van der Waals surface area contributed by atoms with E-state index in [9.17, 15) is 9.59 Å². The number of aromatic nitrogens is 3. The second kappa shape index (κ2) is 10.0. The average molecular weight is 474 g/mol. The number of hydrogen-bond acceptors (Lipinski definition) is 5. The number of nitrogens with one attached hydrogen (secondary N) is 1. The minimum Gasteiger partial charge on any atom is -0.492 e. The SMILES string of the molecule is O=C(Nc1cccc(OCCn2cncn2)c1)C1CCCN1C(=O)c1cc(Cl)ccc1Cl. The van der Waals surface area contributed by atoms with Gasteiger partial charge in [0, 0.05) is 23.3 Å². The molecule has 4 rings (SSSR count). The number of nitrogens with zero attached hydrogens (tertiary/aromatic N) is 4.